The molecule has 0 aliphatic carbocycles. The van der Waals surface area contributed by atoms with E-state index in [0.29, 0.717) is 10.7 Å². The standard InChI is InChI=1S/C10H8ClNO/c1-6-5-9(11)12-10-7(6)3-2-4-8(10)13/h2-5,13H,1H3. The second-order valence-corrected chi connectivity index (χ2v) is 3.32. The van der Waals surface area contributed by atoms with Gasteiger partial charge >= 0.3 is 0 Å². The van der Waals surface area contributed by atoms with E-state index in [4.69, 9.17) is 11.6 Å². The molecular formula is C10H8ClNO. The van der Waals surface area contributed by atoms with E-state index in [0.717, 1.165) is 10.9 Å². The summed E-state index contributed by atoms with van der Waals surface area (Å²) >= 11 is 5.77. The van der Waals surface area contributed by atoms with Gasteiger partial charge in [0.1, 0.15) is 16.4 Å². The van der Waals surface area contributed by atoms with Crippen molar-refractivity contribution in [3.05, 3.63) is 35.0 Å². The smallest absolute Gasteiger partial charge is 0.141 e. The number of aryl methyl sites for hydroxylation is 1. The first kappa shape index (κ1) is 8.32. The molecule has 3 heteroatoms. The third kappa shape index (κ3) is 1.33. The average molecular weight is 194 g/mol. The maximum absolute atomic E-state index is 9.50. The van der Waals surface area contributed by atoms with E-state index in [1.807, 2.05) is 13.0 Å². The van der Waals surface area contributed by atoms with Crippen molar-refractivity contribution >= 4 is 22.5 Å². The van der Waals surface area contributed by atoms with Gasteiger partial charge in [-0.2, -0.15) is 0 Å². The Kier molecular flexibility index (Phi) is 1.85. The van der Waals surface area contributed by atoms with E-state index in [1.54, 1.807) is 18.2 Å². The van der Waals surface area contributed by atoms with E-state index in [9.17, 15) is 5.11 Å². The first-order chi connectivity index (χ1) is 6.18. The Morgan fingerprint density at radius 3 is 2.92 bits per heavy atom. The minimum Gasteiger partial charge on any atom is -0.506 e. The molecule has 2 aromatic rings. The van der Waals surface area contributed by atoms with Gasteiger partial charge in [0.05, 0.1) is 0 Å². The molecule has 1 N–H and O–H groups in total. The molecule has 0 saturated heterocycles. The summed E-state index contributed by atoms with van der Waals surface area (Å²) in [6.45, 7) is 1.94. The molecule has 1 aromatic carbocycles. The number of nitrogens with zero attached hydrogens (tertiary/aromatic N) is 1. The Balaban J connectivity index is 2.94. The Bertz CT molecular complexity index is 468. The van der Waals surface area contributed by atoms with Gasteiger partial charge in [-0.05, 0) is 24.6 Å². The van der Waals surface area contributed by atoms with Gasteiger partial charge in [-0.3, -0.25) is 0 Å². The highest BCUT2D eigenvalue weighted by molar-refractivity contribution is 6.30. The first-order valence-corrected chi connectivity index (χ1v) is 4.31. The van der Waals surface area contributed by atoms with Gasteiger partial charge in [0.15, 0.2) is 0 Å². The number of fused-ring (bicyclic) bond motifs is 1. The summed E-state index contributed by atoms with van der Waals surface area (Å²) in [5, 5.41) is 10.8. The van der Waals surface area contributed by atoms with Crippen molar-refractivity contribution in [3.8, 4) is 5.75 Å². The Morgan fingerprint density at radius 2 is 2.15 bits per heavy atom. The molecule has 0 aliphatic heterocycles. The summed E-state index contributed by atoms with van der Waals surface area (Å²) in [5.41, 5.74) is 1.58. The average Bonchev–Trinajstić information content (AvgIpc) is 2.07. The molecule has 1 heterocycles. The third-order valence-corrected chi connectivity index (χ3v) is 2.19. The van der Waals surface area contributed by atoms with E-state index in [-0.39, 0.29) is 5.75 Å². The molecule has 0 amide bonds. The van der Waals surface area contributed by atoms with Gasteiger partial charge in [0, 0.05) is 5.39 Å². The summed E-state index contributed by atoms with van der Waals surface area (Å²) in [6.07, 6.45) is 0. The highest BCUT2D eigenvalue weighted by atomic mass is 35.5. The summed E-state index contributed by atoms with van der Waals surface area (Å²) in [7, 11) is 0. The van der Waals surface area contributed by atoms with Crippen LogP contribution in [-0.4, -0.2) is 10.1 Å². The van der Waals surface area contributed by atoms with Crippen LogP contribution in [0.1, 0.15) is 5.56 Å². The van der Waals surface area contributed by atoms with E-state index < -0.39 is 0 Å². The van der Waals surface area contributed by atoms with Crippen LogP contribution in [0, 0.1) is 6.92 Å². The Labute approximate surface area is 80.8 Å². The SMILES string of the molecule is Cc1cc(Cl)nc2c(O)cccc12. The molecule has 0 atom stereocenters. The van der Waals surface area contributed by atoms with Crippen molar-refractivity contribution in [3.63, 3.8) is 0 Å². The van der Waals surface area contributed by atoms with Crippen LogP contribution < -0.4 is 0 Å². The van der Waals surface area contributed by atoms with Crippen LogP contribution in [0.3, 0.4) is 0 Å². The number of pyridine rings is 1. The fourth-order valence-corrected chi connectivity index (χ4v) is 1.61. The molecule has 66 valence electrons. The second kappa shape index (κ2) is 2.89. The number of benzene rings is 1. The van der Waals surface area contributed by atoms with Crippen molar-refractivity contribution in [1.29, 1.82) is 0 Å². The molecule has 2 rings (SSSR count). The second-order valence-electron chi connectivity index (χ2n) is 2.94. The van der Waals surface area contributed by atoms with Gasteiger partial charge in [-0.25, -0.2) is 4.98 Å². The molecular weight excluding hydrogens is 186 g/mol. The van der Waals surface area contributed by atoms with Crippen LogP contribution in [0.2, 0.25) is 5.15 Å². The number of aromatic nitrogens is 1. The van der Waals surface area contributed by atoms with Gasteiger partial charge in [0.25, 0.3) is 0 Å². The lowest BCUT2D eigenvalue weighted by atomic mass is 10.1. The van der Waals surface area contributed by atoms with Crippen molar-refractivity contribution < 1.29 is 5.11 Å². The molecule has 2 nitrogen and oxygen atoms in total. The van der Waals surface area contributed by atoms with Gasteiger partial charge < -0.3 is 5.11 Å². The van der Waals surface area contributed by atoms with Crippen molar-refractivity contribution in [1.82, 2.24) is 4.98 Å². The summed E-state index contributed by atoms with van der Waals surface area (Å²) < 4.78 is 0. The molecule has 0 bridgehead atoms. The van der Waals surface area contributed by atoms with E-state index in [1.165, 1.54) is 0 Å². The fraction of sp³-hybridized carbons (Fsp3) is 0.100. The van der Waals surface area contributed by atoms with Crippen LogP contribution in [0.4, 0.5) is 0 Å². The lowest BCUT2D eigenvalue weighted by Gasteiger charge is -2.03. The number of rotatable bonds is 0. The quantitative estimate of drug-likeness (QED) is 0.653. The van der Waals surface area contributed by atoms with Gasteiger partial charge in [0.2, 0.25) is 0 Å². The number of phenolic OH excluding ortho intramolecular Hbond substituents is 1. The fourth-order valence-electron chi connectivity index (χ4n) is 1.36. The minimum atomic E-state index is 0.170. The largest absolute Gasteiger partial charge is 0.506 e. The van der Waals surface area contributed by atoms with E-state index in [2.05, 4.69) is 4.98 Å². The van der Waals surface area contributed by atoms with Crippen LogP contribution in [0.25, 0.3) is 10.9 Å². The first-order valence-electron chi connectivity index (χ1n) is 3.93. The third-order valence-electron chi connectivity index (χ3n) is 1.99. The minimum absolute atomic E-state index is 0.170. The van der Waals surface area contributed by atoms with Crippen molar-refractivity contribution in [2.45, 2.75) is 6.92 Å². The number of para-hydroxylation sites is 1. The topological polar surface area (TPSA) is 33.1 Å². The summed E-state index contributed by atoms with van der Waals surface area (Å²) in [4.78, 5) is 4.05. The monoisotopic (exact) mass is 193 g/mol. The molecule has 0 fully saturated rings. The highest BCUT2D eigenvalue weighted by Gasteiger charge is 2.04. The zero-order chi connectivity index (χ0) is 9.42. The lowest BCUT2D eigenvalue weighted by molar-refractivity contribution is 0.480. The molecule has 0 spiro atoms. The molecule has 1 aromatic heterocycles. The van der Waals surface area contributed by atoms with Gasteiger partial charge in [-0.15, -0.1) is 0 Å². The maximum Gasteiger partial charge on any atom is 0.141 e. The summed E-state index contributed by atoms with van der Waals surface area (Å²) in [5.74, 6) is 0.170. The number of aromatic hydroxyl groups is 1. The number of hydrogen-bond acceptors (Lipinski definition) is 2. The number of halogens is 1. The van der Waals surface area contributed by atoms with Crippen LogP contribution >= 0.6 is 11.6 Å². The normalized spacial score (nSPS) is 10.6. The molecule has 0 aliphatic rings. The van der Waals surface area contributed by atoms with Crippen molar-refractivity contribution in [2.75, 3.05) is 0 Å². The number of hydrogen-bond donors (Lipinski definition) is 1. The molecule has 0 saturated carbocycles. The number of phenols is 1. The predicted molar refractivity (Wildman–Crippen MR) is 53.2 cm³/mol. The van der Waals surface area contributed by atoms with Crippen LogP contribution in [0.5, 0.6) is 5.75 Å². The van der Waals surface area contributed by atoms with E-state index >= 15 is 0 Å². The van der Waals surface area contributed by atoms with Gasteiger partial charge in [-0.1, -0.05) is 23.7 Å². The molecule has 13 heavy (non-hydrogen) atoms. The maximum atomic E-state index is 9.50. The predicted octanol–water partition coefficient (Wildman–Crippen LogP) is 2.90. The molecule has 0 unspecified atom stereocenters. The Morgan fingerprint density at radius 1 is 1.38 bits per heavy atom. The Hall–Kier alpha value is -1.28. The zero-order valence-corrected chi connectivity index (χ0v) is 7.84. The zero-order valence-electron chi connectivity index (χ0n) is 7.08. The lowest BCUT2D eigenvalue weighted by Crippen LogP contribution is -1.84. The van der Waals surface area contributed by atoms with Crippen LogP contribution in [-0.2, 0) is 0 Å². The highest BCUT2D eigenvalue weighted by Crippen LogP contribution is 2.26. The molecule has 0 radical (unpaired) electrons. The summed E-state index contributed by atoms with van der Waals surface area (Å²) in [6, 6.07) is 7.09. The van der Waals surface area contributed by atoms with Crippen molar-refractivity contribution in [2.24, 2.45) is 0 Å². The van der Waals surface area contributed by atoms with Crippen LogP contribution in [0.15, 0.2) is 24.3 Å².